The summed E-state index contributed by atoms with van der Waals surface area (Å²) in [6.07, 6.45) is 0. The van der Waals surface area contributed by atoms with Gasteiger partial charge in [-0.1, -0.05) is 0 Å². The van der Waals surface area contributed by atoms with Crippen molar-refractivity contribution in [2.24, 2.45) is 0 Å². The highest BCUT2D eigenvalue weighted by Crippen LogP contribution is 2.20. The first-order chi connectivity index (χ1) is 12.5. The normalized spacial score (nSPS) is 14.5. The maximum Gasteiger partial charge on any atom is 0.246 e. The van der Waals surface area contributed by atoms with Crippen LogP contribution in [0.2, 0.25) is 0 Å². The first-order valence-corrected chi connectivity index (χ1v) is 9.08. The van der Waals surface area contributed by atoms with Gasteiger partial charge in [-0.05, 0) is 26.8 Å². The number of aryl methyl sites for hydroxylation is 2. The van der Waals surface area contributed by atoms with Gasteiger partial charge in [0.25, 0.3) is 0 Å². The number of methoxy groups -OCH3 is 1. The number of amides is 1. The number of carbonyl (C=O) groups excluding carboxylic acids is 1. The zero-order valence-corrected chi connectivity index (χ0v) is 16.1. The quantitative estimate of drug-likeness (QED) is 0.797. The van der Waals surface area contributed by atoms with Crippen LogP contribution in [-0.2, 0) is 42.3 Å². The van der Waals surface area contributed by atoms with Gasteiger partial charge in [-0.15, -0.1) is 0 Å². The van der Waals surface area contributed by atoms with Crippen LogP contribution >= 0.6 is 0 Å². The van der Waals surface area contributed by atoms with Gasteiger partial charge in [-0.25, -0.2) is 0 Å². The highest BCUT2D eigenvalue weighted by Gasteiger charge is 2.21. The van der Waals surface area contributed by atoms with Gasteiger partial charge < -0.3 is 10.1 Å². The van der Waals surface area contributed by atoms with E-state index in [1.165, 1.54) is 24.1 Å². The summed E-state index contributed by atoms with van der Waals surface area (Å²) in [5.74, 6) is -0.126. The molecule has 3 rings (SSSR count). The minimum Gasteiger partial charge on any atom is -0.375 e. The van der Waals surface area contributed by atoms with Crippen molar-refractivity contribution in [3.05, 3.63) is 34.4 Å². The van der Waals surface area contributed by atoms with Gasteiger partial charge in [0.05, 0.1) is 30.2 Å². The van der Waals surface area contributed by atoms with Gasteiger partial charge in [0.1, 0.15) is 6.61 Å². The van der Waals surface area contributed by atoms with Crippen molar-refractivity contribution in [1.82, 2.24) is 29.8 Å². The topological polar surface area (TPSA) is 77.2 Å². The Morgan fingerprint density at radius 3 is 2.81 bits per heavy atom. The van der Waals surface area contributed by atoms with Crippen LogP contribution in [0.4, 0.5) is 0 Å². The van der Waals surface area contributed by atoms with Gasteiger partial charge in [0.15, 0.2) is 0 Å². The maximum absolute atomic E-state index is 11.5. The van der Waals surface area contributed by atoms with E-state index < -0.39 is 0 Å². The molecule has 0 saturated carbocycles. The fourth-order valence-electron chi connectivity index (χ4n) is 3.47. The number of ether oxygens (including phenoxy) is 1. The molecular weight excluding hydrogens is 332 g/mol. The molecule has 3 heterocycles. The maximum atomic E-state index is 11.5. The Morgan fingerprint density at radius 2 is 2.12 bits per heavy atom. The van der Waals surface area contributed by atoms with Crippen molar-refractivity contribution >= 4 is 5.91 Å². The predicted octanol–water partition coefficient (Wildman–Crippen LogP) is 0.995. The van der Waals surface area contributed by atoms with Crippen LogP contribution in [-0.4, -0.2) is 50.6 Å². The minimum atomic E-state index is -0.126. The summed E-state index contributed by atoms with van der Waals surface area (Å²) < 4.78 is 8.94. The summed E-state index contributed by atoms with van der Waals surface area (Å²) in [5.41, 5.74) is 5.77. The lowest BCUT2D eigenvalue weighted by molar-refractivity contribution is -0.124. The molecule has 142 valence electrons. The first-order valence-electron chi connectivity index (χ1n) is 9.08. The molecular formula is C18H28N6O2. The lowest BCUT2D eigenvalue weighted by Crippen LogP contribution is -2.33. The minimum absolute atomic E-state index is 0.0749. The number of hydrogen-bond acceptors (Lipinski definition) is 5. The number of nitrogens with one attached hydrogen (secondary N) is 1. The molecule has 26 heavy (non-hydrogen) atoms. The second-order valence-electron chi connectivity index (χ2n) is 6.74. The standard InChI is InChI=1S/C18H28N6O2/c1-5-23-14(3)17(13(2)20-23)11-22-6-7-24-16(10-22)8-15(21-24)9-19-18(25)12-26-4/h8H,5-7,9-12H2,1-4H3,(H,19,25). The highest BCUT2D eigenvalue weighted by atomic mass is 16.5. The molecule has 0 atom stereocenters. The SMILES string of the molecule is CCn1nc(C)c(CN2CCn3nc(CNC(=O)COC)cc3C2)c1C. The zero-order chi connectivity index (χ0) is 18.7. The third kappa shape index (κ3) is 3.96. The monoisotopic (exact) mass is 360 g/mol. The van der Waals surface area contributed by atoms with Gasteiger partial charge in [-0.2, -0.15) is 10.2 Å². The van der Waals surface area contributed by atoms with Crippen molar-refractivity contribution in [2.75, 3.05) is 20.3 Å². The second kappa shape index (κ2) is 8.01. The summed E-state index contributed by atoms with van der Waals surface area (Å²) in [7, 11) is 1.51. The zero-order valence-electron chi connectivity index (χ0n) is 16.1. The molecule has 1 amide bonds. The molecule has 0 bridgehead atoms. The van der Waals surface area contributed by atoms with Crippen LogP contribution in [0.5, 0.6) is 0 Å². The van der Waals surface area contributed by atoms with Crippen LogP contribution in [0.3, 0.4) is 0 Å². The molecule has 0 spiro atoms. The molecule has 2 aromatic rings. The Hall–Kier alpha value is -2.19. The van der Waals surface area contributed by atoms with Crippen molar-refractivity contribution in [2.45, 2.75) is 53.5 Å². The van der Waals surface area contributed by atoms with E-state index in [4.69, 9.17) is 4.74 Å². The van der Waals surface area contributed by atoms with E-state index in [1.807, 2.05) is 4.68 Å². The summed E-state index contributed by atoms with van der Waals surface area (Å²) in [5, 5.41) is 12.0. The van der Waals surface area contributed by atoms with Crippen molar-refractivity contribution in [3.8, 4) is 0 Å². The van der Waals surface area contributed by atoms with Gasteiger partial charge in [-0.3, -0.25) is 19.1 Å². The summed E-state index contributed by atoms with van der Waals surface area (Å²) >= 11 is 0. The van der Waals surface area contributed by atoms with Crippen molar-refractivity contribution in [1.29, 1.82) is 0 Å². The van der Waals surface area contributed by atoms with Crippen LogP contribution in [0.1, 0.15) is 35.3 Å². The number of rotatable bonds is 7. The molecule has 8 heteroatoms. The van der Waals surface area contributed by atoms with Crippen molar-refractivity contribution in [3.63, 3.8) is 0 Å². The largest absolute Gasteiger partial charge is 0.375 e. The highest BCUT2D eigenvalue weighted by molar-refractivity contribution is 5.77. The second-order valence-corrected chi connectivity index (χ2v) is 6.74. The van der Waals surface area contributed by atoms with E-state index in [-0.39, 0.29) is 12.5 Å². The van der Waals surface area contributed by atoms with E-state index >= 15 is 0 Å². The third-order valence-corrected chi connectivity index (χ3v) is 4.88. The summed E-state index contributed by atoms with van der Waals surface area (Å²) in [4.78, 5) is 14.0. The smallest absolute Gasteiger partial charge is 0.246 e. The lowest BCUT2D eigenvalue weighted by Gasteiger charge is -2.27. The Labute approximate surface area is 154 Å². The summed E-state index contributed by atoms with van der Waals surface area (Å²) in [6.45, 7) is 11.3. The van der Waals surface area contributed by atoms with Crippen LogP contribution < -0.4 is 5.32 Å². The fourth-order valence-corrected chi connectivity index (χ4v) is 3.47. The van der Waals surface area contributed by atoms with Gasteiger partial charge >= 0.3 is 0 Å². The molecule has 0 aromatic carbocycles. The number of carbonyl (C=O) groups is 1. The Kier molecular flexibility index (Phi) is 5.73. The molecule has 0 radical (unpaired) electrons. The van der Waals surface area contributed by atoms with E-state index in [2.05, 4.69) is 51.9 Å². The predicted molar refractivity (Wildman–Crippen MR) is 97.4 cm³/mol. The number of hydrogen-bond donors (Lipinski definition) is 1. The fraction of sp³-hybridized carbons (Fsp3) is 0.611. The molecule has 8 nitrogen and oxygen atoms in total. The Bertz CT molecular complexity index is 779. The average Bonchev–Trinajstić information content (AvgIpc) is 3.15. The summed E-state index contributed by atoms with van der Waals surface area (Å²) in [6, 6.07) is 2.08. The lowest BCUT2D eigenvalue weighted by atomic mass is 10.1. The number of aromatic nitrogens is 4. The molecule has 0 saturated heterocycles. The van der Waals surface area contributed by atoms with E-state index in [1.54, 1.807) is 0 Å². The van der Waals surface area contributed by atoms with E-state index in [0.29, 0.717) is 6.54 Å². The van der Waals surface area contributed by atoms with Crippen LogP contribution in [0.25, 0.3) is 0 Å². The number of nitrogens with zero attached hydrogens (tertiary/aromatic N) is 5. The average molecular weight is 360 g/mol. The number of fused-ring (bicyclic) bond motifs is 1. The van der Waals surface area contributed by atoms with Gasteiger partial charge in [0, 0.05) is 44.5 Å². The van der Waals surface area contributed by atoms with Gasteiger partial charge in [0.2, 0.25) is 5.91 Å². The first kappa shape index (κ1) is 18.6. The van der Waals surface area contributed by atoms with E-state index in [9.17, 15) is 4.79 Å². The van der Waals surface area contributed by atoms with Crippen LogP contribution in [0, 0.1) is 13.8 Å². The molecule has 2 aromatic heterocycles. The van der Waals surface area contributed by atoms with Crippen molar-refractivity contribution < 1.29 is 9.53 Å². The molecule has 1 aliphatic heterocycles. The Balaban J connectivity index is 1.63. The molecule has 0 aliphatic carbocycles. The third-order valence-electron chi connectivity index (χ3n) is 4.88. The molecule has 0 unspecified atom stereocenters. The van der Waals surface area contributed by atoms with Crippen LogP contribution in [0.15, 0.2) is 6.07 Å². The molecule has 0 fully saturated rings. The molecule has 1 aliphatic rings. The van der Waals surface area contributed by atoms with E-state index in [0.717, 1.165) is 44.1 Å². The molecule has 1 N–H and O–H groups in total. The Morgan fingerprint density at radius 1 is 1.31 bits per heavy atom.